The predicted octanol–water partition coefficient (Wildman–Crippen LogP) is 5.64. The van der Waals surface area contributed by atoms with Crippen LogP contribution in [0.15, 0.2) is 84.9 Å². The van der Waals surface area contributed by atoms with Crippen LogP contribution in [0.3, 0.4) is 0 Å². The molecule has 10 heteroatoms. The topological polar surface area (TPSA) is 140 Å². The van der Waals surface area contributed by atoms with Gasteiger partial charge in [0.05, 0.1) is 14.2 Å². The van der Waals surface area contributed by atoms with Gasteiger partial charge in [0.1, 0.15) is 11.5 Å². The van der Waals surface area contributed by atoms with E-state index < -0.39 is 0 Å². The van der Waals surface area contributed by atoms with Crippen LogP contribution in [-0.2, 0) is 13.1 Å². The van der Waals surface area contributed by atoms with Gasteiger partial charge in [-0.05, 0) is 71.8 Å². The van der Waals surface area contributed by atoms with Crippen molar-refractivity contribution in [1.29, 1.82) is 0 Å². The smallest absolute Gasteiger partial charge is 0.186 e. The molecule has 5 rings (SSSR count). The number of ether oxygens (including phenoxy) is 2. The molecule has 248 valence electrons. The molecule has 48 heavy (non-hydrogen) atoms. The lowest BCUT2D eigenvalue weighted by Gasteiger charge is -2.35. The molecule has 0 atom stereocenters. The van der Waals surface area contributed by atoms with Crippen LogP contribution in [0.5, 0.6) is 34.5 Å². The van der Waals surface area contributed by atoms with E-state index in [0.29, 0.717) is 72.6 Å². The Kier molecular flexibility index (Phi) is 10.8. The molecule has 10 nitrogen and oxygen atoms in total. The number of phenolic OH excluding ortho intramolecular Hbond substituents is 4. The van der Waals surface area contributed by atoms with E-state index in [-0.39, 0.29) is 46.1 Å². The van der Waals surface area contributed by atoms with E-state index in [2.05, 4.69) is 9.80 Å². The lowest BCUT2D eigenvalue weighted by molar-refractivity contribution is 0.103. The summed E-state index contributed by atoms with van der Waals surface area (Å²) in [5.74, 6) is 0.0332. The summed E-state index contributed by atoms with van der Waals surface area (Å²) in [6, 6.07) is 19.5. The highest BCUT2D eigenvalue weighted by atomic mass is 16.5. The molecule has 0 spiro atoms. The summed E-state index contributed by atoms with van der Waals surface area (Å²) in [7, 11) is 2.87. The van der Waals surface area contributed by atoms with Crippen molar-refractivity contribution < 1.29 is 39.5 Å². The summed E-state index contributed by atoms with van der Waals surface area (Å²) >= 11 is 0. The van der Waals surface area contributed by atoms with Crippen molar-refractivity contribution in [2.24, 2.45) is 0 Å². The van der Waals surface area contributed by atoms with Crippen molar-refractivity contribution in [2.75, 3.05) is 40.4 Å². The van der Waals surface area contributed by atoms with Gasteiger partial charge in [-0.2, -0.15) is 0 Å². The SMILES string of the molecule is COc1cc(C(=O)/C=C/c2cccc(O)c2)cc(CN2CCN(Cc3cc(C(=O)/C=C/c4cccc(O)c4)cc(OC)c3O)CC2)c1O. The van der Waals surface area contributed by atoms with Crippen molar-refractivity contribution >= 4 is 23.7 Å². The largest absolute Gasteiger partial charge is 0.508 e. The molecule has 4 aromatic carbocycles. The van der Waals surface area contributed by atoms with Gasteiger partial charge in [-0.15, -0.1) is 0 Å². The van der Waals surface area contributed by atoms with Crippen LogP contribution in [0.1, 0.15) is 43.0 Å². The molecule has 4 N–H and O–H groups in total. The Balaban J connectivity index is 1.24. The zero-order valence-corrected chi connectivity index (χ0v) is 26.8. The first kappa shape index (κ1) is 33.8. The quantitative estimate of drug-likeness (QED) is 0.113. The highest BCUT2D eigenvalue weighted by Gasteiger charge is 2.23. The van der Waals surface area contributed by atoms with E-state index in [4.69, 9.17) is 9.47 Å². The Bertz CT molecular complexity index is 1720. The zero-order chi connectivity index (χ0) is 34.2. The monoisotopic (exact) mass is 650 g/mol. The van der Waals surface area contributed by atoms with E-state index in [1.807, 2.05) is 0 Å². The normalized spacial score (nSPS) is 14.0. The maximum absolute atomic E-state index is 13.0. The van der Waals surface area contributed by atoms with Gasteiger partial charge in [-0.1, -0.05) is 36.4 Å². The first-order valence-corrected chi connectivity index (χ1v) is 15.4. The van der Waals surface area contributed by atoms with Gasteiger partial charge in [0, 0.05) is 61.5 Å². The van der Waals surface area contributed by atoms with Crippen LogP contribution in [0, 0.1) is 0 Å². The Morgan fingerprint density at radius 2 is 1.02 bits per heavy atom. The molecule has 0 saturated carbocycles. The number of aromatic hydroxyl groups is 4. The molecular formula is C38H38N2O8. The van der Waals surface area contributed by atoms with Crippen LogP contribution in [0.25, 0.3) is 12.2 Å². The van der Waals surface area contributed by atoms with Gasteiger partial charge in [0.25, 0.3) is 0 Å². The molecule has 1 fully saturated rings. The van der Waals surface area contributed by atoms with E-state index in [1.165, 1.54) is 38.5 Å². The van der Waals surface area contributed by atoms with Crippen LogP contribution >= 0.6 is 0 Å². The Hall–Kier alpha value is -5.58. The predicted molar refractivity (Wildman–Crippen MR) is 183 cm³/mol. The lowest BCUT2D eigenvalue weighted by Crippen LogP contribution is -2.45. The second-order valence-corrected chi connectivity index (χ2v) is 11.5. The van der Waals surface area contributed by atoms with E-state index >= 15 is 0 Å². The van der Waals surface area contributed by atoms with E-state index in [1.54, 1.807) is 72.8 Å². The fourth-order valence-electron chi connectivity index (χ4n) is 5.55. The average Bonchev–Trinajstić information content (AvgIpc) is 3.08. The van der Waals surface area contributed by atoms with Gasteiger partial charge >= 0.3 is 0 Å². The summed E-state index contributed by atoms with van der Waals surface area (Å²) in [5.41, 5.74) is 3.21. The number of phenols is 4. The number of carbonyl (C=O) groups is 2. The minimum atomic E-state index is -0.270. The number of methoxy groups -OCH3 is 2. The van der Waals surface area contributed by atoms with Gasteiger partial charge in [-0.25, -0.2) is 0 Å². The number of nitrogens with zero attached hydrogens (tertiary/aromatic N) is 2. The van der Waals surface area contributed by atoms with Gasteiger partial charge in [0.2, 0.25) is 0 Å². The molecule has 0 radical (unpaired) electrons. The summed E-state index contributed by atoms with van der Waals surface area (Å²) in [6.07, 6.45) is 6.07. The van der Waals surface area contributed by atoms with E-state index in [0.717, 1.165) is 0 Å². The number of benzene rings is 4. The van der Waals surface area contributed by atoms with Crippen LogP contribution in [0.4, 0.5) is 0 Å². The third kappa shape index (κ3) is 8.41. The first-order valence-electron chi connectivity index (χ1n) is 15.4. The number of ketones is 2. The van der Waals surface area contributed by atoms with Crippen LogP contribution < -0.4 is 9.47 Å². The lowest BCUT2D eigenvalue weighted by atomic mass is 10.0. The molecular weight excluding hydrogens is 612 g/mol. The minimum Gasteiger partial charge on any atom is -0.508 e. The highest BCUT2D eigenvalue weighted by Crippen LogP contribution is 2.35. The molecule has 1 aliphatic rings. The molecule has 0 amide bonds. The third-order valence-corrected chi connectivity index (χ3v) is 8.16. The molecule has 0 bridgehead atoms. The second kappa shape index (κ2) is 15.3. The number of carbonyl (C=O) groups excluding carboxylic acids is 2. The van der Waals surface area contributed by atoms with Crippen molar-refractivity contribution in [3.63, 3.8) is 0 Å². The Morgan fingerprint density at radius 1 is 0.625 bits per heavy atom. The Morgan fingerprint density at radius 3 is 1.38 bits per heavy atom. The maximum atomic E-state index is 13.0. The summed E-state index contributed by atoms with van der Waals surface area (Å²) in [5, 5.41) is 41.1. The van der Waals surface area contributed by atoms with Crippen LogP contribution in [-0.4, -0.2) is 82.2 Å². The fraction of sp³-hybridized carbons (Fsp3) is 0.211. The second-order valence-electron chi connectivity index (χ2n) is 11.5. The van der Waals surface area contributed by atoms with Crippen molar-refractivity contribution in [1.82, 2.24) is 9.80 Å². The average molecular weight is 651 g/mol. The molecule has 1 saturated heterocycles. The summed E-state index contributed by atoms with van der Waals surface area (Å²) in [4.78, 5) is 30.4. The molecule has 0 aromatic heterocycles. The van der Waals surface area contributed by atoms with Gasteiger partial charge in [-0.3, -0.25) is 19.4 Å². The van der Waals surface area contributed by atoms with Crippen LogP contribution in [0.2, 0.25) is 0 Å². The highest BCUT2D eigenvalue weighted by molar-refractivity contribution is 6.08. The number of rotatable bonds is 12. The molecule has 0 unspecified atom stereocenters. The summed E-state index contributed by atoms with van der Waals surface area (Å²) in [6.45, 7) is 3.39. The summed E-state index contributed by atoms with van der Waals surface area (Å²) < 4.78 is 10.7. The van der Waals surface area contributed by atoms with Gasteiger partial charge < -0.3 is 29.9 Å². The number of hydrogen-bond acceptors (Lipinski definition) is 10. The minimum absolute atomic E-state index is 0.0231. The molecule has 4 aromatic rings. The van der Waals surface area contributed by atoms with Crippen molar-refractivity contribution in [3.8, 4) is 34.5 Å². The number of hydrogen-bond donors (Lipinski definition) is 4. The standard InChI is InChI=1S/C38H38N2O8/c1-47-35-21-27(33(43)11-9-25-5-3-7-31(41)17-25)19-29(37(35)45)23-39-13-15-40(16-14-39)24-30-20-28(22-36(48-2)38(30)46)34(44)12-10-26-6-4-8-32(42)18-26/h3-12,17-22,41-42,45-46H,13-16,23-24H2,1-2H3/b11-9+,12-10+. The zero-order valence-electron chi connectivity index (χ0n) is 26.8. The van der Waals surface area contributed by atoms with Gasteiger partial charge in [0.15, 0.2) is 34.6 Å². The third-order valence-electron chi connectivity index (χ3n) is 8.16. The van der Waals surface area contributed by atoms with Crippen molar-refractivity contribution in [2.45, 2.75) is 13.1 Å². The maximum Gasteiger partial charge on any atom is 0.186 e. The molecule has 0 aliphatic carbocycles. The first-order chi connectivity index (χ1) is 23.1. The molecule has 1 heterocycles. The number of allylic oxidation sites excluding steroid dienone is 2. The fourth-order valence-corrected chi connectivity index (χ4v) is 5.55. The molecule has 1 aliphatic heterocycles. The van der Waals surface area contributed by atoms with Crippen molar-refractivity contribution in [3.05, 3.63) is 118 Å². The van der Waals surface area contributed by atoms with E-state index in [9.17, 15) is 30.0 Å². The Labute approximate surface area is 279 Å². The number of piperazine rings is 1.